The van der Waals surface area contributed by atoms with Gasteiger partial charge in [0.2, 0.25) is 10.0 Å². The number of carboxylic acids is 2. The third-order valence-corrected chi connectivity index (χ3v) is 6.89. The summed E-state index contributed by atoms with van der Waals surface area (Å²) in [7, 11) is -3.15. The van der Waals surface area contributed by atoms with Gasteiger partial charge >= 0.3 is 24.3 Å². The van der Waals surface area contributed by atoms with Crippen LogP contribution in [0.1, 0.15) is 38.2 Å². The first-order chi connectivity index (χ1) is 17.4. The molecule has 2 atom stereocenters. The van der Waals surface area contributed by atoms with Gasteiger partial charge in [0.1, 0.15) is 0 Å². The summed E-state index contributed by atoms with van der Waals surface area (Å²) < 4.78 is 95.8. The Morgan fingerprint density at radius 3 is 2.11 bits per heavy atom. The molecule has 3 N–H and O–H groups in total. The third kappa shape index (κ3) is 12.4. The van der Waals surface area contributed by atoms with Gasteiger partial charge in [0.25, 0.3) is 0 Å². The lowest BCUT2D eigenvalue weighted by atomic mass is 9.90. The molecule has 10 nitrogen and oxygen atoms in total. The molecule has 2 saturated heterocycles. The summed E-state index contributed by atoms with van der Waals surface area (Å²) in [5.74, 6) is -5.40. The molecule has 2 aliphatic rings. The molecule has 2 aliphatic heterocycles. The normalized spacial score (nSPS) is 22.1. The molecule has 3 rings (SSSR count). The Morgan fingerprint density at radius 2 is 1.63 bits per heavy atom. The Kier molecular flexibility index (Phi) is 12.4. The SMILES string of the molecule is CCS(=O)(=O)NC[C@H]1CCC[C@]2(CCN(Cc3ccncc3)C2)O1.O=C(O)C(F)(F)F.O=C(O)C(F)(F)F. The number of hydrogen-bond acceptors (Lipinski definition) is 7. The maximum atomic E-state index is 11.6. The van der Waals surface area contributed by atoms with Gasteiger partial charge in [-0.1, -0.05) is 0 Å². The Balaban J connectivity index is 0.000000426. The van der Waals surface area contributed by atoms with Gasteiger partial charge in [0.15, 0.2) is 0 Å². The summed E-state index contributed by atoms with van der Waals surface area (Å²) in [6.07, 6.45) is -2.41. The van der Waals surface area contributed by atoms with Gasteiger partial charge in [0.05, 0.1) is 17.5 Å². The van der Waals surface area contributed by atoms with Gasteiger partial charge in [-0.2, -0.15) is 26.3 Å². The van der Waals surface area contributed by atoms with E-state index in [9.17, 15) is 34.8 Å². The van der Waals surface area contributed by atoms with Crippen LogP contribution in [0.4, 0.5) is 26.3 Å². The summed E-state index contributed by atoms with van der Waals surface area (Å²) in [5, 5.41) is 14.2. The average molecular weight is 582 g/mol. The van der Waals surface area contributed by atoms with E-state index in [1.165, 1.54) is 5.56 Å². The van der Waals surface area contributed by atoms with Crippen molar-refractivity contribution in [2.75, 3.05) is 25.4 Å². The molecule has 3 heterocycles. The minimum absolute atomic E-state index is 0.0130. The van der Waals surface area contributed by atoms with Crippen molar-refractivity contribution in [2.24, 2.45) is 0 Å². The number of nitrogens with zero attached hydrogens (tertiary/aromatic N) is 2. The van der Waals surface area contributed by atoms with E-state index >= 15 is 0 Å². The molecule has 0 aliphatic carbocycles. The van der Waals surface area contributed by atoms with Crippen molar-refractivity contribution < 1.29 is 59.3 Å². The molecule has 218 valence electrons. The molecule has 0 radical (unpaired) electrons. The maximum absolute atomic E-state index is 11.6. The van der Waals surface area contributed by atoms with Crippen molar-refractivity contribution in [1.29, 1.82) is 0 Å². The molecule has 0 amide bonds. The van der Waals surface area contributed by atoms with Crippen molar-refractivity contribution in [3.63, 3.8) is 0 Å². The van der Waals surface area contributed by atoms with Gasteiger partial charge in [-0.05, 0) is 50.3 Å². The fourth-order valence-corrected chi connectivity index (χ4v) is 4.34. The number of hydrogen-bond donors (Lipinski definition) is 3. The fourth-order valence-electron chi connectivity index (χ4n) is 3.70. The average Bonchev–Trinajstić information content (AvgIpc) is 3.19. The Bertz CT molecular complexity index is 985. The Hall–Kier alpha value is -2.50. The van der Waals surface area contributed by atoms with Crippen molar-refractivity contribution >= 4 is 22.0 Å². The molecular formula is C21H29F6N3O7S. The molecule has 0 saturated carbocycles. The molecular weight excluding hydrogens is 552 g/mol. The van der Waals surface area contributed by atoms with Gasteiger partial charge in [0, 0.05) is 38.6 Å². The zero-order valence-corrected chi connectivity index (χ0v) is 21.1. The van der Waals surface area contributed by atoms with Crippen LogP contribution in [0.15, 0.2) is 24.5 Å². The van der Waals surface area contributed by atoms with E-state index in [1.807, 2.05) is 12.4 Å². The van der Waals surface area contributed by atoms with Gasteiger partial charge in [-0.15, -0.1) is 0 Å². The lowest BCUT2D eigenvalue weighted by Crippen LogP contribution is -2.46. The summed E-state index contributed by atoms with van der Waals surface area (Å²) in [6, 6.07) is 4.10. The highest BCUT2D eigenvalue weighted by Crippen LogP contribution is 2.37. The number of nitrogens with one attached hydrogen (secondary N) is 1. The number of carbonyl (C=O) groups is 2. The number of pyridine rings is 1. The Morgan fingerprint density at radius 1 is 1.11 bits per heavy atom. The number of alkyl halides is 6. The first-order valence-electron chi connectivity index (χ1n) is 11.3. The first kappa shape index (κ1) is 33.5. The number of carboxylic acid groups (broad SMARTS) is 2. The van der Waals surface area contributed by atoms with Crippen LogP contribution < -0.4 is 4.72 Å². The van der Waals surface area contributed by atoms with Crippen molar-refractivity contribution in [3.8, 4) is 0 Å². The van der Waals surface area contributed by atoms with Crippen LogP contribution in [-0.4, -0.2) is 89.9 Å². The molecule has 0 bridgehead atoms. The number of aromatic nitrogens is 1. The second kappa shape index (κ2) is 14.0. The molecule has 0 unspecified atom stereocenters. The molecule has 38 heavy (non-hydrogen) atoms. The molecule has 0 aromatic carbocycles. The van der Waals surface area contributed by atoms with E-state index in [0.717, 1.165) is 45.3 Å². The lowest BCUT2D eigenvalue weighted by Gasteiger charge is -2.39. The standard InChI is InChI=1S/C17H27N3O3S.2C2HF3O2/c1-2-24(21,22)19-12-16-4-3-7-17(23-16)8-11-20(14-17)13-15-5-9-18-10-6-15;2*3-2(4,5)1(6)7/h5-6,9-10,16,19H,2-4,7-8,11-14H2,1H3;2*(H,6,7)/t16-,17-;;/m1../s1. The predicted molar refractivity (Wildman–Crippen MR) is 120 cm³/mol. The second-order valence-electron chi connectivity index (χ2n) is 8.49. The second-order valence-corrected chi connectivity index (χ2v) is 10.6. The van der Waals surface area contributed by atoms with E-state index < -0.39 is 34.3 Å². The lowest BCUT2D eigenvalue weighted by molar-refractivity contribution is -0.193. The highest BCUT2D eigenvalue weighted by molar-refractivity contribution is 7.89. The molecule has 1 aromatic heterocycles. The highest BCUT2D eigenvalue weighted by Gasteiger charge is 2.43. The van der Waals surface area contributed by atoms with Gasteiger partial charge in [-0.25, -0.2) is 22.7 Å². The maximum Gasteiger partial charge on any atom is 0.490 e. The van der Waals surface area contributed by atoms with E-state index in [2.05, 4.69) is 26.7 Å². The number of sulfonamides is 1. The zero-order valence-electron chi connectivity index (χ0n) is 20.3. The van der Waals surface area contributed by atoms with E-state index in [1.54, 1.807) is 6.92 Å². The van der Waals surface area contributed by atoms with Crippen LogP contribution in [0, 0.1) is 0 Å². The minimum atomic E-state index is -5.08. The summed E-state index contributed by atoms with van der Waals surface area (Å²) in [4.78, 5) is 24.3. The smallest absolute Gasteiger partial charge is 0.475 e. The van der Waals surface area contributed by atoms with E-state index in [-0.39, 0.29) is 17.5 Å². The topological polar surface area (TPSA) is 146 Å². The molecule has 1 aromatic rings. The number of likely N-dealkylation sites (tertiary alicyclic amines) is 1. The Labute approximate surface area is 215 Å². The minimum Gasteiger partial charge on any atom is -0.475 e. The van der Waals surface area contributed by atoms with Crippen molar-refractivity contribution in [3.05, 3.63) is 30.1 Å². The van der Waals surface area contributed by atoms with Crippen LogP contribution in [0.3, 0.4) is 0 Å². The summed E-state index contributed by atoms with van der Waals surface area (Å²) in [5.41, 5.74) is 1.17. The summed E-state index contributed by atoms with van der Waals surface area (Å²) in [6.45, 7) is 4.91. The van der Waals surface area contributed by atoms with E-state index in [4.69, 9.17) is 24.5 Å². The van der Waals surface area contributed by atoms with Crippen LogP contribution in [-0.2, 0) is 30.9 Å². The highest BCUT2D eigenvalue weighted by atomic mass is 32.2. The molecule has 1 spiro atoms. The van der Waals surface area contributed by atoms with Crippen molar-refractivity contribution in [1.82, 2.24) is 14.6 Å². The van der Waals surface area contributed by atoms with Crippen LogP contribution in [0.2, 0.25) is 0 Å². The van der Waals surface area contributed by atoms with Crippen LogP contribution in [0.25, 0.3) is 0 Å². The number of aliphatic carboxylic acids is 2. The summed E-state index contributed by atoms with van der Waals surface area (Å²) >= 11 is 0. The quantitative estimate of drug-likeness (QED) is 0.432. The zero-order chi connectivity index (χ0) is 29.2. The van der Waals surface area contributed by atoms with Crippen LogP contribution in [0.5, 0.6) is 0 Å². The van der Waals surface area contributed by atoms with Gasteiger partial charge in [-0.3, -0.25) is 9.88 Å². The predicted octanol–water partition coefficient (Wildman–Crippen LogP) is 2.80. The van der Waals surface area contributed by atoms with Crippen molar-refractivity contribution in [2.45, 2.75) is 63.2 Å². The van der Waals surface area contributed by atoms with E-state index in [0.29, 0.717) is 6.54 Å². The largest absolute Gasteiger partial charge is 0.490 e. The molecule has 2 fully saturated rings. The molecule has 17 heteroatoms. The number of halogens is 6. The number of rotatable bonds is 6. The van der Waals surface area contributed by atoms with Gasteiger partial charge < -0.3 is 14.9 Å². The fraction of sp³-hybridized carbons (Fsp3) is 0.667. The third-order valence-electron chi connectivity index (χ3n) is 5.52. The first-order valence-corrected chi connectivity index (χ1v) is 12.9. The number of ether oxygens (including phenoxy) is 1. The van der Waals surface area contributed by atoms with Crippen LogP contribution >= 0.6 is 0 Å². The monoisotopic (exact) mass is 581 g/mol.